The highest BCUT2D eigenvalue weighted by Gasteiger charge is 2.22. The molecule has 10 aromatic rings. The Balaban J connectivity index is 1.34. The lowest BCUT2D eigenvalue weighted by Gasteiger charge is -2.20. The van der Waals surface area contributed by atoms with Crippen molar-refractivity contribution in [1.82, 2.24) is 4.57 Å². The Morgan fingerprint density at radius 2 is 0.837 bits per heavy atom. The summed E-state index contributed by atoms with van der Waals surface area (Å²) in [7, 11) is 0. The minimum atomic E-state index is 1.16. The van der Waals surface area contributed by atoms with Gasteiger partial charge in [-0.25, -0.2) is 0 Å². The third kappa shape index (κ3) is 4.26. The maximum atomic E-state index is 2.45. The van der Waals surface area contributed by atoms with Gasteiger partial charge in [-0.3, -0.25) is 0 Å². The molecule has 0 atom stereocenters. The number of rotatable bonds is 4. The second-order valence-corrected chi connectivity index (χ2v) is 12.8. The van der Waals surface area contributed by atoms with Crippen LogP contribution < -0.4 is 0 Å². The van der Waals surface area contributed by atoms with Gasteiger partial charge in [-0.1, -0.05) is 164 Å². The maximum Gasteiger partial charge on any atom is 0.0619 e. The van der Waals surface area contributed by atoms with Crippen LogP contribution >= 0.6 is 0 Å². The zero-order valence-electron chi connectivity index (χ0n) is 26.8. The molecule has 1 nitrogen and oxygen atoms in total. The van der Waals surface area contributed by atoms with E-state index in [1.54, 1.807) is 0 Å². The first-order valence-electron chi connectivity index (χ1n) is 17.0. The highest BCUT2D eigenvalue weighted by Crippen LogP contribution is 2.48. The molecule has 10 rings (SSSR count). The number of fused-ring (bicyclic) bond motifs is 6. The molecule has 0 aliphatic carbocycles. The van der Waals surface area contributed by atoms with E-state index in [0.717, 1.165) is 5.69 Å². The molecule has 0 unspecified atom stereocenters. The van der Waals surface area contributed by atoms with Gasteiger partial charge in [0, 0.05) is 22.0 Å². The van der Waals surface area contributed by atoms with Crippen LogP contribution in [-0.4, -0.2) is 4.57 Å². The van der Waals surface area contributed by atoms with E-state index in [-0.39, 0.29) is 0 Å². The summed E-state index contributed by atoms with van der Waals surface area (Å²) in [5.41, 5.74) is 11.1. The van der Waals surface area contributed by atoms with Crippen molar-refractivity contribution in [1.29, 1.82) is 0 Å². The largest absolute Gasteiger partial charge is 0.309 e. The van der Waals surface area contributed by atoms with E-state index in [2.05, 4.69) is 193 Å². The van der Waals surface area contributed by atoms with Gasteiger partial charge in [0.05, 0.1) is 11.0 Å². The van der Waals surface area contributed by atoms with Crippen LogP contribution in [0.5, 0.6) is 0 Å². The van der Waals surface area contributed by atoms with Crippen LogP contribution in [0.1, 0.15) is 0 Å². The fourth-order valence-electron chi connectivity index (χ4n) is 8.08. The molecule has 1 heteroatoms. The molecule has 0 spiro atoms. The van der Waals surface area contributed by atoms with E-state index < -0.39 is 0 Å². The van der Waals surface area contributed by atoms with Gasteiger partial charge in [0.2, 0.25) is 0 Å². The van der Waals surface area contributed by atoms with Crippen LogP contribution in [0, 0.1) is 0 Å². The Hall–Kier alpha value is -6.44. The Bertz CT molecular complexity index is 2800. The predicted molar refractivity (Wildman–Crippen MR) is 210 cm³/mol. The summed E-state index contributed by atoms with van der Waals surface area (Å²) in [5, 5.41) is 10.1. The normalized spacial score (nSPS) is 11.7. The van der Waals surface area contributed by atoms with Gasteiger partial charge in [0.1, 0.15) is 0 Å². The molecular formula is C48H31N. The van der Waals surface area contributed by atoms with Crippen LogP contribution in [0.2, 0.25) is 0 Å². The molecule has 1 heterocycles. The number of aromatic nitrogens is 1. The molecule has 0 radical (unpaired) electrons. The van der Waals surface area contributed by atoms with Gasteiger partial charge in [0.15, 0.2) is 0 Å². The average molecular weight is 622 g/mol. The van der Waals surface area contributed by atoms with Crippen LogP contribution in [0.4, 0.5) is 0 Å². The standard InChI is InChI=1S/C48H31N/c1-3-15-32(16-4-1)34-30-29-33-17-13-25-41(44(33)31-34)46-37-21-7-9-23-39(37)47(40-24-10-8-22-38(40)46)43-27-14-26-42-36-20-11-12-28-45(36)49(48(42)43)35-18-5-2-6-19-35/h1-31H. The summed E-state index contributed by atoms with van der Waals surface area (Å²) in [4.78, 5) is 0. The number of para-hydroxylation sites is 3. The topological polar surface area (TPSA) is 4.93 Å². The van der Waals surface area contributed by atoms with Gasteiger partial charge in [-0.15, -0.1) is 0 Å². The predicted octanol–water partition coefficient (Wildman–Crippen LogP) is 13.2. The van der Waals surface area contributed by atoms with Crippen LogP contribution in [-0.2, 0) is 0 Å². The Morgan fingerprint density at radius 1 is 0.306 bits per heavy atom. The number of hydrogen-bond donors (Lipinski definition) is 0. The summed E-state index contributed by atoms with van der Waals surface area (Å²) in [6.45, 7) is 0. The zero-order valence-corrected chi connectivity index (χ0v) is 26.8. The molecule has 49 heavy (non-hydrogen) atoms. The van der Waals surface area contributed by atoms with Gasteiger partial charge in [0.25, 0.3) is 0 Å². The second-order valence-electron chi connectivity index (χ2n) is 12.8. The lowest BCUT2D eigenvalue weighted by molar-refractivity contribution is 1.18. The first-order chi connectivity index (χ1) is 24.3. The van der Waals surface area contributed by atoms with Gasteiger partial charge >= 0.3 is 0 Å². The van der Waals surface area contributed by atoms with Gasteiger partial charge in [-0.2, -0.15) is 0 Å². The lowest BCUT2D eigenvalue weighted by atomic mass is 9.84. The minimum Gasteiger partial charge on any atom is -0.309 e. The van der Waals surface area contributed by atoms with Crippen LogP contribution in [0.15, 0.2) is 188 Å². The van der Waals surface area contributed by atoms with E-state index in [1.165, 1.54) is 87.5 Å². The molecule has 0 amide bonds. The van der Waals surface area contributed by atoms with E-state index in [4.69, 9.17) is 0 Å². The molecule has 0 saturated heterocycles. The molecule has 1 aromatic heterocycles. The van der Waals surface area contributed by atoms with E-state index in [1.807, 2.05) is 0 Å². The second kappa shape index (κ2) is 11.1. The molecule has 228 valence electrons. The molecule has 0 bridgehead atoms. The summed E-state index contributed by atoms with van der Waals surface area (Å²) in [5.74, 6) is 0. The smallest absolute Gasteiger partial charge is 0.0619 e. The minimum absolute atomic E-state index is 1.16. The molecule has 9 aromatic carbocycles. The zero-order chi connectivity index (χ0) is 32.3. The number of benzene rings is 9. The number of hydrogen-bond acceptors (Lipinski definition) is 0. The fraction of sp³-hybridized carbons (Fsp3) is 0. The molecule has 0 fully saturated rings. The molecule has 0 N–H and O–H groups in total. The summed E-state index contributed by atoms with van der Waals surface area (Å²) >= 11 is 0. The summed E-state index contributed by atoms with van der Waals surface area (Å²) in [6.07, 6.45) is 0. The first-order valence-corrected chi connectivity index (χ1v) is 17.0. The highest BCUT2D eigenvalue weighted by molar-refractivity contribution is 6.26. The molecular weight excluding hydrogens is 591 g/mol. The monoisotopic (exact) mass is 621 g/mol. The Kier molecular flexibility index (Phi) is 6.25. The highest BCUT2D eigenvalue weighted by atomic mass is 15.0. The Morgan fingerprint density at radius 3 is 1.53 bits per heavy atom. The maximum absolute atomic E-state index is 2.45. The molecule has 0 saturated carbocycles. The quantitative estimate of drug-likeness (QED) is 0.172. The van der Waals surface area contributed by atoms with Crippen molar-refractivity contribution in [3.63, 3.8) is 0 Å². The third-order valence-electron chi connectivity index (χ3n) is 10.2. The molecule has 0 aliphatic rings. The van der Waals surface area contributed by atoms with E-state index in [0.29, 0.717) is 0 Å². The van der Waals surface area contributed by atoms with Crippen LogP contribution in [0.25, 0.3) is 93.2 Å². The third-order valence-corrected chi connectivity index (χ3v) is 10.2. The van der Waals surface area contributed by atoms with Crippen molar-refractivity contribution < 1.29 is 0 Å². The Labute approximate surface area is 284 Å². The van der Waals surface area contributed by atoms with Crippen molar-refractivity contribution >= 4 is 54.1 Å². The first kappa shape index (κ1) is 27.7. The van der Waals surface area contributed by atoms with Gasteiger partial charge < -0.3 is 4.57 Å². The van der Waals surface area contributed by atoms with Crippen molar-refractivity contribution in [2.45, 2.75) is 0 Å². The molecule has 0 aliphatic heterocycles. The fourth-order valence-corrected chi connectivity index (χ4v) is 8.08. The average Bonchev–Trinajstić information content (AvgIpc) is 3.52. The summed E-state index contributed by atoms with van der Waals surface area (Å²) < 4.78 is 2.45. The van der Waals surface area contributed by atoms with Crippen molar-refractivity contribution in [2.75, 3.05) is 0 Å². The van der Waals surface area contributed by atoms with E-state index >= 15 is 0 Å². The van der Waals surface area contributed by atoms with Crippen molar-refractivity contribution in [3.8, 4) is 39.1 Å². The summed E-state index contributed by atoms with van der Waals surface area (Å²) in [6, 6.07) is 68.7. The SMILES string of the molecule is c1ccc(-c2ccc3cccc(-c4c5ccccc5c(-c5cccc6c7ccccc7n(-c7ccccc7)c56)c5ccccc45)c3c2)cc1. The number of nitrogens with zero attached hydrogens (tertiary/aromatic N) is 1. The lowest BCUT2D eigenvalue weighted by Crippen LogP contribution is -1.97. The van der Waals surface area contributed by atoms with Gasteiger partial charge in [-0.05, 0) is 84.4 Å². The van der Waals surface area contributed by atoms with Crippen LogP contribution in [0.3, 0.4) is 0 Å². The van der Waals surface area contributed by atoms with Crippen molar-refractivity contribution in [2.24, 2.45) is 0 Å². The van der Waals surface area contributed by atoms with Crippen molar-refractivity contribution in [3.05, 3.63) is 188 Å². The van der Waals surface area contributed by atoms with E-state index in [9.17, 15) is 0 Å².